The lowest BCUT2D eigenvalue weighted by Gasteiger charge is -2.39. The van der Waals surface area contributed by atoms with Gasteiger partial charge in [-0.05, 0) is 45.0 Å². The Kier molecular flexibility index (Phi) is 10.8. The Balaban J connectivity index is 0.000000587. The van der Waals surface area contributed by atoms with Crippen LogP contribution in [-0.2, 0) is 20.0 Å². The standard InChI is InChI=1S/C18H17F13N2O2S.C7H8O3S/c1-4-32-9(3)33(5-2)12-8-10(6-7-11(12)32)36(34,35)18(30,31)16(25,26)14(21,22)13(19,20)15(23,24)17(27,28)29;1-6-2-4-7(5-3-6)11(8,9)10/h6-9H,4-5H2,1-3H3;2-5H,1H3,(H,8,9,10)/p+1. The average molecular weight is 746 g/mol. The quantitative estimate of drug-likeness (QED) is 0.238. The molecule has 1 aliphatic heterocycles. The van der Waals surface area contributed by atoms with Gasteiger partial charge in [0.15, 0.2) is 11.9 Å². The summed E-state index contributed by atoms with van der Waals surface area (Å²) >= 11 is 0. The SMILES string of the molecule is CCN1c2ccc(S(=O)(=O)C(F)(F)C(F)(F)C(F)(F)C(F)(F)C(F)(F)C(F)(F)F)cc2[NH+](CC)C1C.Cc1ccc(S(=O)(=O)O)cc1. The summed E-state index contributed by atoms with van der Waals surface area (Å²) in [5, 5.41) is -7.26. The van der Waals surface area contributed by atoms with Crippen molar-refractivity contribution in [1.29, 1.82) is 0 Å². The number of anilines is 1. The first-order valence-corrected chi connectivity index (χ1v) is 15.8. The van der Waals surface area contributed by atoms with Crippen molar-refractivity contribution in [1.82, 2.24) is 0 Å². The normalized spacial score (nSPS) is 18.5. The molecule has 2 N–H and O–H groups in total. The molecule has 2 aromatic carbocycles. The Morgan fingerprint density at radius 1 is 0.723 bits per heavy atom. The molecule has 268 valence electrons. The van der Waals surface area contributed by atoms with E-state index in [0.29, 0.717) is 17.5 Å². The zero-order valence-electron chi connectivity index (χ0n) is 24.3. The van der Waals surface area contributed by atoms with E-state index >= 15 is 0 Å². The summed E-state index contributed by atoms with van der Waals surface area (Å²) in [6.45, 7) is 7.14. The summed E-state index contributed by atoms with van der Waals surface area (Å²) in [6, 6.07) is 7.50. The highest BCUT2D eigenvalue weighted by molar-refractivity contribution is 7.92. The molecule has 2 aromatic rings. The molecule has 0 radical (unpaired) electrons. The Labute approximate surface area is 259 Å². The highest BCUT2D eigenvalue weighted by Gasteiger charge is 2.92. The number of quaternary nitrogens is 1. The molecular formula is C25H26F13N2O5S2+. The number of aryl methyl sites for hydroxylation is 1. The molecule has 0 saturated carbocycles. The lowest BCUT2D eigenvalue weighted by molar-refractivity contribution is -0.849. The molecule has 47 heavy (non-hydrogen) atoms. The molecule has 1 heterocycles. The number of rotatable bonds is 9. The van der Waals surface area contributed by atoms with E-state index in [1.54, 1.807) is 37.8 Å². The number of nitrogens with zero attached hydrogens (tertiary/aromatic N) is 1. The van der Waals surface area contributed by atoms with Crippen LogP contribution in [0.2, 0.25) is 0 Å². The van der Waals surface area contributed by atoms with Crippen LogP contribution < -0.4 is 9.80 Å². The molecule has 3 rings (SSSR count). The second-order valence-corrected chi connectivity index (χ2v) is 13.5. The fraction of sp³-hybridized carbons (Fsp3) is 0.520. The van der Waals surface area contributed by atoms with Gasteiger partial charge >= 0.3 is 35.1 Å². The number of hydrogen-bond acceptors (Lipinski definition) is 5. The summed E-state index contributed by atoms with van der Waals surface area (Å²) in [6.07, 6.45) is -8.03. The number of benzene rings is 2. The maximum atomic E-state index is 14.4. The Morgan fingerprint density at radius 2 is 1.17 bits per heavy atom. The molecular weight excluding hydrogens is 719 g/mol. The van der Waals surface area contributed by atoms with E-state index in [1.165, 1.54) is 12.1 Å². The van der Waals surface area contributed by atoms with Crippen molar-refractivity contribution in [3.05, 3.63) is 48.0 Å². The van der Waals surface area contributed by atoms with Crippen molar-refractivity contribution >= 4 is 31.3 Å². The van der Waals surface area contributed by atoms with Crippen LogP contribution in [0.4, 0.5) is 68.5 Å². The van der Waals surface area contributed by atoms with Gasteiger partial charge in [-0.2, -0.15) is 65.5 Å². The number of hydrogen-bond donors (Lipinski definition) is 2. The average Bonchev–Trinajstić information content (AvgIpc) is 3.21. The van der Waals surface area contributed by atoms with E-state index in [4.69, 9.17) is 4.55 Å². The van der Waals surface area contributed by atoms with E-state index in [0.717, 1.165) is 11.6 Å². The summed E-state index contributed by atoms with van der Waals surface area (Å²) in [5.74, 6) is -32.2. The maximum absolute atomic E-state index is 14.4. The minimum atomic E-state index is -8.19. The first kappa shape index (κ1) is 40.3. The zero-order chi connectivity index (χ0) is 37.0. The second-order valence-electron chi connectivity index (χ2n) is 10.1. The third-order valence-electron chi connectivity index (χ3n) is 7.19. The van der Waals surface area contributed by atoms with Gasteiger partial charge in [0.2, 0.25) is 9.84 Å². The van der Waals surface area contributed by atoms with Crippen molar-refractivity contribution in [3.8, 4) is 0 Å². The third-order valence-corrected chi connectivity index (χ3v) is 9.86. The number of fused-ring (bicyclic) bond motifs is 1. The minimum absolute atomic E-state index is 0.0666. The van der Waals surface area contributed by atoms with Crippen LogP contribution in [0.15, 0.2) is 52.3 Å². The Hall–Kier alpha value is -2.85. The monoisotopic (exact) mass is 745 g/mol. The zero-order valence-corrected chi connectivity index (χ0v) is 25.9. The lowest BCUT2D eigenvalue weighted by atomic mass is 9.98. The van der Waals surface area contributed by atoms with Gasteiger partial charge in [-0.1, -0.05) is 17.7 Å². The van der Waals surface area contributed by atoms with Crippen molar-refractivity contribution in [3.63, 3.8) is 0 Å². The fourth-order valence-corrected chi connectivity index (χ4v) is 6.29. The summed E-state index contributed by atoms with van der Waals surface area (Å²) in [4.78, 5) is 0.193. The van der Waals surface area contributed by atoms with E-state index in [1.807, 2.05) is 6.92 Å². The maximum Gasteiger partial charge on any atom is 0.460 e. The molecule has 0 bridgehead atoms. The van der Waals surface area contributed by atoms with Crippen molar-refractivity contribution in [2.24, 2.45) is 0 Å². The fourth-order valence-electron chi connectivity index (χ4n) is 4.52. The predicted molar refractivity (Wildman–Crippen MR) is 139 cm³/mol. The molecule has 0 fully saturated rings. The molecule has 0 saturated heterocycles. The largest absolute Gasteiger partial charge is 0.460 e. The number of alkyl halides is 13. The summed E-state index contributed by atoms with van der Waals surface area (Å²) in [5.41, 5.74) is 1.11. The number of nitrogens with one attached hydrogen (secondary N) is 1. The summed E-state index contributed by atoms with van der Waals surface area (Å²) in [7, 11) is -11.1. The topological polar surface area (TPSA) is 96.2 Å². The van der Waals surface area contributed by atoms with Gasteiger partial charge < -0.3 is 4.90 Å². The van der Waals surface area contributed by atoms with Crippen molar-refractivity contribution < 1.29 is 83.4 Å². The smallest absolute Gasteiger partial charge is 0.318 e. The van der Waals surface area contributed by atoms with Crippen LogP contribution in [0.5, 0.6) is 0 Å². The number of halogens is 13. The Bertz CT molecular complexity index is 1660. The lowest BCUT2D eigenvalue weighted by Crippen LogP contribution is -3.10. The van der Waals surface area contributed by atoms with E-state index in [-0.39, 0.29) is 28.9 Å². The van der Waals surface area contributed by atoms with Gasteiger partial charge in [-0.25, -0.2) is 8.42 Å². The van der Waals surface area contributed by atoms with Gasteiger partial charge in [0.25, 0.3) is 10.1 Å². The molecule has 0 amide bonds. The predicted octanol–water partition coefficient (Wildman–Crippen LogP) is 6.12. The van der Waals surface area contributed by atoms with Crippen LogP contribution in [0.3, 0.4) is 0 Å². The highest BCUT2D eigenvalue weighted by Crippen LogP contribution is 2.61. The molecule has 0 aliphatic carbocycles. The highest BCUT2D eigenvalue weighted by atomic mass is 32.2. The van der Waals surface area contributed by atoms with Crippen LogP contribution in [0, 0.1) is 6.92 Å². The molecule has 2 atom stereocenters. The van der Waals surface area contributed by atoms with Gasteiger partial charge in [0.05, 0.1) is 16.3 Å². The molecule has 7 nitrogen and oxygen atoms in total. The number of sulfone groups is 1. The Morgan fingerprint density at radius 3 is 1.57 bits per heavy atom. The van der Waals surface area contributed by atoms with Gasteiger partial charge in [0, 0.05) is 19.5 Å². The third kappa shape index (κ3) is 6.48. The van der Waals surface area contributed by atoms with Crippen LogP contribution >= 0.6 is 0 Å². The first-order chi connectivity index (χ1) is 20.9. The van der Waals surface area contributed by atoms with E-state index < -0.39 is 66.1 Å². The van der Waals surface area contributed by atoms with Crippen molar-refractivity contribution in [2.45, 2.75) is 78.8 Å². The first-order valence-electron chi connectivity index (χ1n) is 12.9. The van der Waals surface area contributed by atoms with Crippen LogP contribution in [0.25, 0.3) is 0 Å². The summed E-state index contributed by atoms with van der Waals surface area (Å²) < 4.78 is 228. The molecule has 1 aliphatic rings. The van der Waals surface area contributed by atoms with E-state index in [9.17, 15) is 73.9 Å². The van der Waals surface area contributed by atoms with Crippen LogP contribution in [-0.4, -0.2) is 75.8 Å². The molecule has 2 unspecified atom stereocenters. The van der Waals surface area contributed by atoms with Crippen molar-refractivity contribution in [2.75, 3.05) is 18.0 Å². The van der Waals surface area contributed by atoms with Gasteiger partial charge in [-0.15, -0.1) is 0 Å². The van der Waals surface area contributed by atoms with Gasteiger partial charge in [-0.3, -0.25) is 9.45 Å². The molecule has 22 heteroatoms. The minimum Gasteiger partial charge on any atom is -0.318 e. The van der Waals surface area contributed by atoms with Crippen LogP contribution in [0.1, 0.15) is 26.3 Å². The molecule has 0 aromatic heterocycles. The van der Waals surface area contributed by atoms with Gasteiger partial charge in [0.1, 0.15) is 5.69 Å². The molecule has 0 spiro atoms. The van der Waals surface area contributed by atoms with E-state index in [2.05, 4.69) is 0 Å². The second kappa shape index (κ2) is 12.6.